The summed E-state index contributed by atoms with van der Waals surface area (Å²) in [4.78, 5) is 41.2. The maximum Gasteiger partial charge on any atom is 0.338 e. The van der Waals surface area contributed by atoms with E-state index in [1.807, 2.05) is 31.2 Å². The van der Waals surface area contributed by atoms with Crippen LogP contribution in [-0.2, 0) is 27.5 Å². The van der Waals surface area contributed by atoms with Crippen LogP contribution in [0.4, 0.5) is 0 Å². The number of amides is 2. The third kappa shape index (κ3) is 4.12. The van der Waals surface area contributed by atoms with Crippen LogP contribution in [0.5, 0.6) is 0 Å². The van der Waals surface area contributed by atoms with E-state index in [2.05, 4.69) is 10.1 Å². The number of aryl methyl sites for hydroxylation is 1. The molecule has 0 atom stereocenters. The second-order valence-corrected chi connectivity index (χ2v) is 6.97. The smallest absolute Gasteiger partial charge is 0.338 e. The Morgan fingerprint density at radius 1 is 1.07 bits per heavy atom. The van der Waals surface area contributed by atoms with Crippen molar-refractivity contribution in [2.45, 2.75) is 32.9 Å². The highest BCUT2D eigenvalue weighted by Crippen LogP contribution is 2.20. The summed E-state index contributed by atoms with van der Waals surface area (Å²) in [6.45, 7) is 2.01. The Bertz CT molecular complexity index is 1090. The van der Waals surface area contributed by atoms with E-state index in [0.29, 0.717) is 11.4 Å². The van der Waals surface area contributed by atoms with E-state index in [0.717, 1.165) is 16.7 Å². The largest absolute Gasteiger partial charge is 0.452 e. The van der Waals surface area contributed by atoms with Gasteiger partial charge < -0.3 is 9.26 Å². The van der Waals surface area contributed by atoms with Crippen molar-refractivity contribution in [3.8, 4) is 11.4 Å². The van der Waals surface area contributed by atoms with Crippen LogP contribution >= 0.6 is 0 Å². The monoisotopic (exact) mass is 405 g/mol. The molecule has 1 aliphatic heterocycles. The van der Waals surface area contributed by atoms with Crippen molar-refractivity contribution in [2.24, 2.45) is 0 Å². The summed E-state index contributed by atoms with van der Waals surface area (Å²) in [5.41, 5.74) is 2.97. The Balaban J connectivity index is 1.35. The van der Waals surface area contributed by atoms with Gasteiger partial charge in [-0.25, -0.2) is 4.79 Å². The van der Waals surface area contributed by atoms with Gasteiger partial charge in [0.2, 0.25) is 17.6 Å². The molecule has 1 aliphatic rings. The number of esters is 1. The van der Waals surface area contributed by atoms with E-state index in [1.165, 1.54) is 4.90 Å². The average molecular weight is 405 g/mol. The van der Waals surface area contributed by atoms with Crippen molar-refractivity contribution < 1.29 is 23.6 Å². The number of hydrogen-bond acceptors (Lipinski definition) is 7. The molecule has 0 unspecified atom stereocenters. The van der Waals surface area contributed by atoms with Gasteiger partial charge >= 0.3 is 5.97 Å². The Labute approximate surface area is 172 Å². The molecule has 2 aromatic carbocycles. The first kappa shape index (κ1) is 19.5. The lowest BCUT2D eigenvalue weighted by Gasteiger charge is -2.13. The first-order valence-corrected chi connectivity index (χ1v) is 9.49. The Morgan fingerprint density at radius 2 is 1.77 bits per heavy atom. The fourth-order valence-electron chi connectivity index (χ4n) is 3.19. The van der Waals surface area contributed by atoms with E-state index in [4.69, 9.17) is 9.26 Å². The molecule has 8 nitrogen and oxygen atoms in total. The van der Waals surface area contributed by atoms with Crippen molar-refractivity contribution in [1.82, 2.24) is 15.0 Å². The predicted molar refractivity (Wildman–Crippen MR) is 105 cm³/mol. The second kappa shape index (κ2) is 8.28. The van der Waals surface area contributed by atoms with Gasteiger partial charge in [0, 0.05) is 18.4 Å². The fourth-order valence-corrected chi connectivity index (χ4v) is 3.19. The van der Waals surface area contributed by atoms with Crippen LogP contribution in [0.15, 0.2) is 53.1 Å². The zero-order valence-electron chi connectivity index (χ0n) is 16.3. The van der Waals surface area contributed by atoms with Gasteiger partial charge in [0.1, 0.15) is 0 Å². The molecule has 2 heterocycles. The third-order valence-electron chi connectivity index (χ3n) is 4.87. The van der Waals surface area contributed by atoms with Crippen molar-refractivity contribution in [3.63, 3.8) is 0 Å². The van der Waals surface area contributed by atoms with Crippen molar-refractivity contribution >= 4 is 17.8 Å². The molecule has 0 bridgehead atoms. The molecule has 0 saturated carbocycles. The van der Waals surface area contributed by atoms with Crippen LogP contribution in [0, 0.1) is 6.92 Å². The molecule has 4 rings (SSSR count). The topological polar surface area (TPSA) is 103 Å². The van der Waals surface area contributed by atoms with Crippen LogP contribution in [0.1, 0.15) is 40.2 Å². The van der Waals surface area contributed by atoms with Crippen LogP contribution in [-0.4, -0.2) is 32.8 Å². The third-order valence-corrected chi connectivity index (χ3v) is 4.87. The highest BCUT2D eigenvalue weighted by Gasteiger charge is 2.28. The van der Waals surface area contributed by atoms with Crippen LogP contribution in [0.25, 0.3) is 11.4 Å². The van der Waals surface area contributed by atoms with Gasteiger partial charge in [-0.2, -0.15) is 4.98 Å². The molecule has 1 saturated heterocycles. The molecule has 3 aromatic rings. The van der Waals surface area contributed by atoms with Crippen molar-refractivity contribution in [3.05, 3.63) is 71.1 Å². The maximum absolute atomic E-state index is 12.3. The molecular weight excluding hydrogens is 386 g/mol. The lowest BCUT2D eigenvalue weighted by molar-refractivity contribution is -0.139. The van der Waals surface area contributed by atoms with E-state index >= 15 is 0 Å². The molecule has 152 valence electrons. The molecule has 1 fully saturated rings. The molecule has 0 aliphatic carbocycles. The van der Waals surface area contributed by atoms with E-state index in [-0.39, 0.29) is 43.7 Å². The number of ether oxygens (including phenoxy) is 1. The SMILES string of the molecule is Cc1ccccc1-c1noc(COC(=O)c2ccc(CN3C(=O)CCC3=O)cc2)n1. The lowest BCUT2D eigenvalue weighted by Crippen LogP contribution is -2.28. The fraction of sp³-hybridized carbons (Fsp3) is 0.227. The summed E-state index contributed by atoms with van der Waals surface area (Å²) >= 11 is 0. The molecule has 0 spiro atoms. The summed E-state index contributed by atoms with van der Waals surface area (Å²) in [5.74, 6) is -0.245. The molecule has 30 heavy (non-hydrogen) atoms. The van der Waals surface area contributed by atoms with Gasteiger partial charge in [-0.1, -0.05) is 41.6 Å². The molecule has 1 aromatic heterocycles. The standard InChI is InChI=1S/C22H19N3O5/c1-14-4-2-3-5-17(14)21-23-18(30-24-21)13-29-22(28)16-8-6-15(7-9-16)12-25-19(26)10-11-20(25)27/h2-9H,10-13H2,1H3. The normalized spacial score (nSPS) is 13.7. The number of carbonyl (C=O) groups is 3. The second-order valence-electron chi connectivity index (χ2n) is 6.97. The van der Waals surface area contributed by atoms with E-state index in [9.17, 15) is 14.4 Å². The number of hydrogen-bond donors (Lipinski definition) is 0. The predicted octanol–water partition coefficient (Wildman–Crippen LogP) is 3.05. The number of nitrogens with zero attached hydrogens (tertiary/aromatic N) is 3. The number of carbonyl (C=O) groups excluding carboxylic acids is 3. The molecule has 2 amide bonds. The van der Waals surface area contributed by atoms with Crippen molar-refractivity contribution in [2.75, 3.05) is 0 Å². The first-order valence-electron chi connectivity index (χ1n) is 9.49. The highest BCUT2D eigenvalue weighted by atomic mass is 16.6. The van der Waals surface area contributed by atoms with Gasteiger partial charge in [-0.15, -0.1) is 0 Å². The zero-order valence-corrected chi connectivity index (χ0v) is 16.3. The Kier molecular flexibility index (Phi) is 5.38. The minimum Gasteiger partial charge on any atom is -0.452 e. The minimum atomic E-state index is -0.537. The van der Waals surface area contributed by atoms with Crippen LogP contribution in [0.3, 0.4) is 0 Å². The molecule has 8 heteroatoms. The van der Waals surface area contributed by atoms with Crippen LogP contribution in [0.2, 0.25) is 0 Å². The molecular formula is C22H19N3O5. The summed E-state index contributed by atoms with van der Waals surface area (Å²) < 4.78 is 10.4. The summed E-state index contributed by atoms with van der Waals surface area (Å²) in [7, 11) is 0. The maximum atomic E-state index is 12.3. The van der Waals surface area contributed by atoms with Crippen LogP contribution < -0.4 is 0 Å². The minimum absolute atomic E-state index is 0.143. The Morgan fingerprint density at radius 3 is 2.47 bits per heavy atom. The summed E-state index contributed by atoms with van der Waals surface area (Å²) in [6, 6.07) is 14.2. The van der Waals surface area contributed by atoms with Gasteiger partial charge in [-0.3, -0.25) is 14.5 Å². The van der Waals surface area contributed by atoms with E-state index < -0.39 is 5.97 Å². The average Bonchev–Trinajstić information content (AvgIpc) is 3.35. The number of imide groups is 1. The zero-order chi connectivity index (χ0) is 21.1. The Hall–Kier alpha value is -3.81. The van der Waals surface area contributed by atoms with Gasteiger partial charge in [-0.05, 0) is 30.2 Å². The lowest BCUT2D eigenvalue weighted by atomic mass is 10.1. The highest BCUT2D eigenvalue weighted by molar-refractivity contribution is 6.01. The van der Waals surface area contributed by atoms with Gasteiger partial charge in [0.25, 0.3) is 5.89 Å². The number of rotatable bonds is 6. The summed E-state index contributed by atoms with van der Waals surface area (Å²) in [6.07, 6.45) is 0.509. The summed E-state index contributed by atoms with van der Waals surface area (Å²) in [5, 5.41) is 3.93. The number of benzene rings is 2. The van der Waals surface area contributed by atoms with Gasteiger partial charge in [0.05, 0.1) is 12.1 Å². The van der Waals surface area contributed by atoms with E-state index in [1.54, 1.807) is 24.3 Å². The molecule has 0 N–H and O–H groups in total. The van der Waals surface area contributed by atoms with Gasteiger partial charge in [0.15, 0.2) is 6.61 Å². The quantitative estimate of drug-likeness (QED) is 0.459. The molecule has 0 radical (unpaired) electrons. The number of aromatic nitrogens is 2. The number of likely N-dealkylation sites (tertiary alicyclic amines) is 1. The first-order chi connectivity index (χ1) is 14.5. The van der Waals surface area contributed by atoms with Crippen molar-refractivity contribution in [1.29, 1.82) is 0 Å².